The summed E-state index contributed by atoms with van der Waals surface area (Å²) in [6, 6.07) is 5.22. The molecule has 1 saturated heterocycles. The van der Waals surface area contributed by atoms with Gasteiger partial charge in [-0.15, -0.1) is 11.6 Å². The van der Waals surface area contributed by atoms with E-state index in [0.717, 1.165) is 24.0 Å². The van der Waals surface area contributed by atoms with Gasteiger partial charge in [0.2, 0.25) is 10.0 Å². The summed E-state index contributed by atoms with van der Waals surface area (Å²) >= 11 is 5.85. The largest absolute Gasteiger partial charge is 0.243 e. The predicted molar refractivity (Wildman–Crippen MR) is 77.9 cm³/mol. The maximum atomic E-state index is 12.6. The first kappa shape index (κ1) is 14.8. The summed E-state index contributed by atoms with van der Waals surface area (Å²) in [5.41, 5.74) is 1.91. The van der Waals surface area contributed by atoms with Crippen molar-refractivity contribution in [2.45, 2.75) is 37.5 Å². The summed E-state index contributed by atoms with van der Waals surface area (Å²) in [5.74, 6) is 0.771. The Kier molecular flexibility index (Phi) is 4.54. The molecule has 0 N–H and O–H groups in total. The lowest BCUT2D eigenvalue weighted by Crippen LogP contribution is -2.39. The van der Waals surface area contributed by atoms with Gasteiger partial charge in [-0.05, 0) is 48.9 Å². The third-order valence-corrected chi connectivity index (χ3v) is 5.87. The average molecular weight is 302 g/mol. The van der Waals surface area contributed by atoms with Crippen LogP contribution in [0.3, 0.4) is 0 Å². The summed E-state index contributed by atoms with van der Waals surface area (Å²) in [7, 11) is -3.37. The third kappa shape index (κ3) is 3.12. The van der Waals surface area contributed by atoms with Crippen molar-refractivity contribution in [2.75, 3.05) is 13.1 Å². The Hall–Kier alpha value is -0.580. The van der Waals surface area contributed by atoms with Crippen LogP contribution in [0, 0.1) is 12.8 Å². The van der Waals surface area contributed by atoms with Gasteiger partial charge >= 0.3 is 0 Å². The molecule has 1 aromatic carbocycles. The van der Waals surface area contributed by atoms with Gasteiger partial charge in [-0.2, -0.15) is 4.31 Å². The Morgan fingerprint density at radius 3 is 2.79 bits per heavy atom. The molecule has 1 aromatic rings. The molecule has 0 saturated carbocycles. The van der Waals surface area contributed by atoms with E-state index in [9.17, 15) is 8.42 Å². The lowest BCUT2D eigenvalue weighted by Gasteiger charge is -2.30. The molecule has 0 radical (unpaired) electrons. The van der Waals surface area contributed by atoms with E-state index in [1.807, 2.05) is 13.0 Å². The first-order valence-corrected chi connectivity index (χ1v) is 8.58. The second-order valence-corrected chi connectivity index (χ2v) is 7.54. The van der Waals surface area contributed by atoms with E-state index in [1.54, 1.807) is 16.4 Å². The molecule has 0 bridgehead atoms. The fraction of sp³-hybridized carbons (Fsp3) is 0.571. The van der Waals surface area contributed by atoms with Crippen LogP contribution in [-0.2, 0) is 15.9 Å². The lowest BCUT2D eigenvalue weighted by molar-refractivity contribution is 0.281. The van der Waals surface area contributed by atoms with Gasteiger partial charge in [-0.25, -0.2) is 8.42 Å². The standard InChI is InChI=1S/C14H20ClNO2S/c1-11-4-3-7-16(10-11)19(17,18)14-6-5-12(2)13(8-14)9-15/h5-6,8,11H,3-4,7,9-10H2,1-2H3. The number of alkyl halides is 1. The zero-order chi connectivity index (χ0) is 14.0. The average Bonchev–Trinajstić information content (AvgIpc) is 2.39. The lowest BCUT2D eigenvalue weighted by atomic mass is 10.0. The maximum absolute atomic E-state index is 12.6. The normalized spacial score (nSPS) is 21.5. The van der Waals surface area contributed by atoms with Gasteiger partial charge < -0.3 is 0 Å². The van der Waals surface area contributed by atoms with Gasteiger partial charge in [0.05, 0.1) is 4.90 Å². The number of halogens is 1. The van der Waals surface area contributed by atoms with E-state index in [1.165, 1.54) is 0 Å². The van der Waals surface area contributed by atoms with E-state index in [2.05, 4.69) is 6.92 Å². The number of sulfonamides is 1. The first-order chi connectivity index (χ1) is 8.95. The number of hydrogen-bond acceptors (Lipinski definition) is 2. The van der Waals surface area contributed by atoms with E-state index < -0.39 is 10.0 Å². The highest BCUT2D eigenvalue weighted by Gasteiger charge is 2.28. The topological polar surface area (TPSA) is 37.4 Å². The molecule has 0 aromatic heterocycles. The predicted octanol–water partition coefficient (Wildman–Crippen LogP) is 3.15. The highest BCUT2D eigenvalue weighted by Crippen LogP contribution is 2.25. The van der Waals surface area contributed by atoms with E-state index in [4.69, 9.17) is 11.6 Å². The van der Waals surface area contributed by atoms with Crippen molar-refractivity contribution in [3.63, 3.8) is 0 Å². The molecule has 1 heterocycles. The van der Waals surface area contributed by atoms with E-state index >= 15 is 0 Å². The molecular formula is C14H20ClNO2S. The number of hydrogen-bond donors (Lipinski definition) is 0. The summed E-state index contributed by atoms with van der Waals surface area (Å²) in [6.45, 7) is 5.28. The molecule has 19 heavy (non-hydrogen) atoms. The van der Waals surface area contributed by atoms with Crippen molar-refractivity contribution in [3.05, 3.63) is 29.3 Å². The SMILES string of the molecule is Cc1ccc(S(=O)(=O)N2CCCC(C)C2)cc1CCl. The fourth-order valence-electron chi connectivity index (χ4n) is 2.47. The monoisotopic (exact) mass is 301 g/mol. The molecule has 1 atom stereocenters. The summed E-state index contributed by atoms with van der Waals surface area (Å²) in [4.78, 5) is 0.364. The zero-order valence-electron chi connectivity index (χ0n) is 11.4. The summed E-state index contributed by atoms with van der Waals surface area (Å²) < 4.78 is 26.8. The highest BCUT2D eigenvalue weighted by atomic mass is 35.5. The molecule has 2 rings (SSSR count). The number of piperidine rings is 1. The van der Waals surface area contributed by atoms with Gasteiger partial charge in [0.25, 0.3) is 0 Å². The second-order valence-electron chi connectivity index (χ2n) is 5.33. The summed E-state index contributed by atoms with van der Waals surface area (Å²) in [6.07, 6.45) is 2.04. The summed E-state index contributed by atoms with van der Waals surface area (Å²) in [5, 5.41) is 0. The van der Waals surface area contributed by atoms with Crippen molar-refractivity contribution < 1.29 is 8.42 Å². The van der Waals surface area contributed by atoms with Crippen molar-refractivity contribution in [2.24, 2.45) is 5.92 Å². The van der Waals surface area contributed by atoms with Crippen LogP contribution in [-0.4, -0.2) is 25.8 Å². The van der Waals surface area contributed by atoms with Gasteiger partial charge in [0, 0.05) is 19.0 Å². The van der Waals surface area contributed by atoms with Crippen LogP contribution in [0.2, 0.25) is 0 Å². The van der Waals surface area contributed by atoms with Gasteiger partial charge in [0.1, 0.15) is 0 Å². The Morgan fingerprint density at radius 1 is 1.42 bits per heavy atom. The molecule has 106 valence electrons. The Bertz CT molecular complexity index is 557. The van der Waals surface area contributed by atoms with Crippen molar-refractivity contribution in [1.29, 1.82) is 0 Å². The van der Waals surface area contributed by atoms with Crippen LogP contribution in [0.15, 0.2) is 23.1 Å². The molecule has 0 spiro atoms. The van der Waals surface area contributed by atoms with Gasteiger partial charge in [-0.1, -0.05) is 13.0 Å². The van der Waals surface area contributed by atoms with Crippen molar-refractivity contribution in [1.82, 2.24) is 4.31 Å². The molecule has 5 heteroatoms. The van der Waals surface area contributed by atoms with E-state index in [-0.39, 0.29) is 0 Å². The Labute approximate surface area is 120 Å². The zero-order valence-corrected chi connectivity index (χ0v) is 13.0. The minimum Gasteiger partial charge on any atom is -0.207 e. The highest BCUT2D eigenvalue weighted by molar-refractivity contribution is 7.89. The van der Waals surface area contributed by atoms with E-state index in [0.29, 0.717) is 29.8 Å². The minimum absolute atomic E-state index is 0.339. The van der Waals surface area contributed by atoms with Gasteiger partial charge in [0.15, 0.2) is 0 Å². The smallest absolute Gasteiger partial charge is 0.207 e. The quantitative estimate of drug-likeness (QED) is 0.804. The van der Waals surface area contributed by atoms with Crippen molar-refractivity contribution >= 4 is 21.6 Å². The Morgan fingerprint density at radius 2 is 2.16 bits per heavy atom. The van der Waals surface area contributed by atoms with Crippen LogP contribution in [0.5, 0.6) is 0 Å². The molecule has 0 amide bonds. The molecule has 0 aliphatic carbocycles. The van der Waals surface area contributed by atoms with Crippen LogP contribution >= 0.6 is 11.6 Å². The minimum atomic E-state index is -3.37. The van der Waals surface area contributed by atoms with Crippen LogP contribution in [0.25, 0.3) is 0 Å². The number of nitrogens with zero attached hydrogens (tertiary/aromatic N) is 1. The van der Waals surface area contributed by atoms with Crippen LogP contribution in [0.1, 0.15) is 30.9 Å². The van der Waals surface area contributed by atoms with Crippen LogP contribution < -0.4 is 0 Å². The Balaban J connectivity index is 2.33. The van der Waals surface area contributed by atoms with Gasteiger partial charge in [-0.3, -0.25) is 0 Å². The molecule has 1 fully saturated rings. The third-order valence-electron chi connectivity index (χ3n) is 3.72. The number of aryl methyl sites for hydroxylation is 1. The number of benzene rings is 1. The first-order valence-electron chi connectivity index (χ1n) is 6.61. The molecule has 1 aliphatic rings. The number of rotatable bonds is 3. The second kappa shape index (κ2) is 5.81. The molecule has 3 nitrogen and oxygen atoms in total. The fourth-order valence-corrected chi connectivity index (χ4v) is 4.40. The maximum Gasteiger partial charge on any atom is 0.243 e. The molecule has 1 aliphatic heterocycles. The molecular weight excluding hydrogens is 282 g/mol. The molecule has 1 unspecified atom stereocenters. The van der Waals surface area contributed by atoms with Crippen LogP contribution in [0.4, 0.5) is 0 Å². The van der Waals surface area contributed by atoms with Crippen molar-refractivity contribution in [3.8, 4) is 0 Å².